The molecule has 2 rings (SSSR count). The Balaban J connectivity index is 1.73. The lowest BCUT2D eigenvalue weighted by Crippen LogP contribution is -2.30. The molecule has 0 aromatic heterocycles. The highest BCUT2D eigenvalue weighted by atomic mass is 32.2. The highest BCUT2D eigenvalue weighted by Gasteiger charge is 2.09. The second-order valence-corrected chi connectivity index (χ2v) is 5.19. The number of hydrogen-bond acceptors (Lipinski definition) is 3. The fourth-order valence-corrected chi connectivity index (χ4v) is 2.58. The second kappa shape index (κ2) is 5.94. The quantitative estimate of drug-likeness (QED) is 0.866. The number of aliphatic imine (C=N–C) groups is 1. The van der Waals surface area contributed by atoms with Gasteiger partial charge in [0.25, 0.3) is 0 Å². The van der Waals surface area contributed by atoms with Crippen molar-refractivity contribution in [1.82, 2.24) is 5.32 Å². The maximum atomic E-state index is 4.40. The van der Waals surface area contributed by atoms with Gasteiger partial charge in [0.2, 0.25) is 0 Å². The molecule has 1 atom stereocenters. The predicted octanol–water partition coefficient (Wildman–Crippen LogP) is 2.70. The van der Waals surface area contributed by atoms with Crippen molar-refractivity contribution >= 4 is 16.9 Å². The molecule has 0 spiro atoms. The molecule has 0 radical (unpaired) electrons. The van der Waals surface area contributed by atoms with Crippen molar-refractivity contribution in [3.05, 3.63) is 35.9 Å². The molecule has 1 aromatic carbocycles. The highest BCUT2D eigenvalue weighted by molar-refractivity contribution is 8.14. The van der Waals surface area contributed by atoms with Gasteiger partial charge < -0.3 is 5.32 Å². The third-order valence-corrected chi connectivity index (χ3v) is 3.57. The summed E-state index contributed by atoms with van der Waals surface area (Å²) in [5.41, 5.74) is 1.41. The normalized spacial score (nSPS) is 16.9. The van der Waals surface area contributed by atoms with Gasteiger partial charge in [-0.1, -0.05) is 42.1 Å². The summed E-state index contributed by atoms with van der Waals surface area (Å²) in [5.74, 6) is 1.13. The third kappa shape index (κ3) is 3.56. The van der Waals surface area contributed by atoms with Crippen LogP contribution in [0.5, 0.6) is 0 Å². The van der Waals surface area contributed by atoms with Gasteiger partial charge in [0, 0.05) is 11.8 Å². The van der Waals surface area contributed by atoms with Crippen LogP contribution < -0.4 is 5.32 Å². The van der Waals surface area contributed by atoms with Crippen molar-refractivity contribution in [3.8, 4) is 0 Å². The molecule has 1 heterocycles. The summed E-state index contributed by atoms with van der Waals surface area (Å²) in [6, 6.07) is 11.1. The van der Waals surface area contributed by atoms with Gasteiger partial charge in [-0.25, -0.2) is 0 Å². The van der Waals surface area contributed by atoms with E-state index in [2.05, 4.69) is 47.6 Å². The van der Waals surface area contributed by atoms with E-state index in [0.29, 0.717) is 6.04 Å². The van der Waals surface area contributed by atoms with Gasteiger partial charge >= 0.3 is 0 Å². The van der Waals surface area contributed by atoms with E-state index >= 15 is 0 Å². The summed E-state index contributed by atoms with van der Waals surface area (Å²) in [4.78, 5) is 4.40. The predicted molar refractivity (Wildman–Crippen MR) is 72.1 cm³/mol. The Morgan fingerprint density at radius 2 is 2.19 bits per heavy atom. The van der Waals surface area contributed by atoms with Crippen LogP contribution in [0.1, 0.15) is 18.9 Å². The number of benzene rings is 1. The second-order valence-electron chi connectivity index (χ2n) is 4.10. The molecule has 1 N–H and O–H groups in total. The van der Waals surface area contributed by atoms with Crippen LogP contribution >= 0.6 is 11.8 Å². The van der Waals surface area contributed by atoms with E-state index in [1.165, 1.54) is 5.56 Å². The number of hydrogen-bond donors (Lipinski definition) is 1. The summed E-state index contributed by atoms with van der Waals surface area (Å²) in [6.45, 7) is 3.20. The zero-order valence-electron chi connectivity index (χ0n) is 9.65. The summed E-state index contributed by atoms with van der Waals surface area (Å²) < 4.78 is 0. The SMILES string of the molecule is CC(CCc1ccccc1)NC1=NCCS1. The zero-order valence-corrected chi connectivity index (χ0v) is 10.5. The van der Waals surface area contributed by atoms with E-state index in [1.807, 2.05) is 11.8 Å². The van der Waals surface area contributed by atoms with Crippen molar-refractivity contribution in [2.75, 3.05) is 12.3 Å². The minimum absolute atomic E-state index is 0.504. The molecular weight excluding hydrogens is 216 g/mol. The molecule has 0 bridgehead atoms. The van der Waals surface area contributed by atoms with Crippen LogP contribution in [0, 0.1) is 0 Å². The zero-order chi connectivity index (χ0) is 11.2. The van der Waals surface area contributed by atoms with Crippen LogP contribution in [0.3, 0.4) is 0 Å². The van der Waals surface area contributed by atoms with E-state index in [-0.39, 0.29) is 0 Å². The van der Waals surface area contributed by atoms with Crippen LogP contribution in [0.25, 0.3) is 0 Å². The molecule has 3 heteroatoms. The summed E-state index contributed by atoms with van der Waals surface area (Å²) in [7, 11) is 0. The van der Waals surface area contributed by atoms with Gasteiger partial charge in [0.05, 0.1) is 6.54 Å². The molecule has 0 amide bonds. The van der Waals surface area contributed by atoms with E-state index in [4.69, 9.17) is 0 Å². The van der Waals surface area contributed by atoms with Gasteiger partial charge in [0.1, 0.15) is 0 Å². The van der Waals surface area contributed by atoms with Gasteiger partial charge in [-0.15, -0.1) is 0 Å². The van der Waals surface area contributed by atoms with Gasteiger partial charge in [0.15, 0.2) is 5.17 Å². The van der Waals surface area contributed by atoms with E-state index in [9.17, 15) is 0 Å². The lowest BCUT2D eigenvalue weighted by molar-refractivity contribution is 0.610. The van der Waals surface area contributed by atoms with Crippen molar-refractivity contribution in [1.29, 1.82) is 0 Å². The lowest BCUT2D eigenvalue weighted by atomic mass is 10.1. The maximum absolute atomic E-state index is 4.40. The van der Waals surface area contributed by atoms with E-state index in [1.54, 1.807) is 0 Å². The first-order valence-electron chi connectivity index (χ1n) is 5.82. The number of thioether (sulfide) groups is 1. The topological polar surface area (TPSA) is 24.4 Å². The molecule has 0 aliphatic carbocycles. The van der Waals surface area contributed by atoms with Crippen molar-refractivity contribution in [3.63, 3.8) is 0 Å². The molecule has 16 heavy (non-hydrogen) atoms. The molecular formula is C13H18N2S. The first kappa shape index (κ1) is 11.5. The number of rotatable bonds is 4. The summed E-state index contributed by atoms with van der Waals surface area (Å²) in [5, 5.41) is 4.59. The number of amidine groups is 1. The first-order valence-corrected chi connectivity index (χ1v) is 6.81. The van der Waals surface area contributed by atoms with Gasteiger partial charge in [-0.05, 0) is 25.3 Å². The van der Waals surface area contributed by atoms with E-state index < -0.39 is 0 Å². The molecule has 1 unspecified atom stereocenters. The average Bonchev–Trinajstić information content (AvgIpc) is 2.81. The first-order chi connectivity index (χ1) is 7.84. The Morgan fingerprint density at radius 1 is 1.38 bits per heavy atom. The number of nitrogens with one attached hydrogen (secondary N) is 1. The molecule has 0 saturated carbocycles. The van der Waals surface area contributed by atoms with Crippen LogP contribution in [0.2, 0.25) is 0 Å². The fraction of sp³-hybridized carbons (Fsp3) is 0.462. The smallest absolute Gasteiger partial charge is 0.156 e. The average molecular weight is 234 g/mol. The molecule has 1 aliphatic heterocycles. The number of nitrogens with zero attached hydrogens (tertiary/aromatic N) is 1. The van der Waals surface area contributed by atoms with Crippen LogP contribution in [-0.4, -0.2) is 23.5 Å². The highest BCUT2D eigenvalue weighted by Crippen LogP contribution is 2.11. The van der Waals surface area contributed by atoms with Crippen molar-refractivity contribution in [2.45, 2.75) is 25.8 Å². The summed E-state index contributed by atoms with van der Waals surface area (Å²) in [6.07, 6.45) is 2.29. The number of aryl methyl sites for hydroxylation is 1. The minimum atomic E-state index is 0.504. The van der Waals surface area contributed by atoms with Gasteiger partial charge in [-0.2, -0.15) is 0 Å². The minimum Gasteiger partial charge on any atom is -0.362 e. The standard InChI is InChI=1S/C13H18N2S/c1-11(15-13-14-9-10-16-13)7-8-12-5-3-2-4-6-12/h2-6,11H,7-10H2,1H3,(H,14,15). The molecule has 0 saturated heterocycles. The Labute approximate surface area is 102 Å². The Kier molecular flexibility index (Phi) is 4.28. The van der Waals surface area contributed by atoms with Crippen LogP contribution in [0.4, 0.5) is 0 Å². The molecule has 86 valence electrons. The van der Waals surface area contributed by atoms with Crippen molar-refractivity contribution < 1.29 is 0 Å². The van der Waals surface area contributed by atoms with E-state index in [0.717, 1.165) is 30.3 Å². The Morgan fingerprint density at radius 3 is 2.88 bits per heavy atom. The third-order valence-electron chi connectivity index (χ3n) is 2.66. The molecule has 2 nitrogen and oxygen atoms in total. The van der Waals surface area contributed by atoms with Crippen molar-refractivity contribution in [2.24, 2.45) is 4.99 Å². The lowest BCUT2D eigenvalue weighted by Gasteiger charge is -2.14. The van der Waals surface area contributed by atoms with Gasteiger partial charge in [-0.3, -0.25) is 4.99 Å². The van der Waals surface area contributed by atoms with Crippen LogP contribution in [-0.2, 0) is 6.42 Å². The monoisotopic (exact) mass is 234 g/mol. The molecule has 1 aliphatic rings. The Hall–Kier alpha value is -0.960. The fourth-order valence-electron chi connectivity index (χ4n) is 1.73. The largest absolute Gasteiger partial charge is 0.362 e. The Bertz CT molecular complexity index is 348. The van der Waals surface area contributed by atoms with Crippen LogP contribution in [0.15, 0.2) is 35.3 Å². The summed E-state index contributed by atoms with van der Waals surface area (Å²) >= 11 is 1.83. The molecule has 1 aromatic rings. The maximum Gasteiger partial charge on any atom is 0.156 e. The molecule has 0 fully saturated rings.